The van der Waals surface area contributed by atoms with Crippen LogP contribution in [0.1, 0.15) is 96.8 Å². The summed E-state index contributed by atoms with van der Waals surface area (Å²) in [5, 5.41) is 0. The molecule has 0 heterocycles. The molecule has 0 fully saturated rings. The molecule has 0 aliphatic rings. The van der Waals surface area contributed by atoms with Crippen LogP contribution in [0.4, 0.5) is 0 Å². The standard InChI is InChI=1S/C22H34N4O4/c1-2-3-4-6-11-20(13-9-10-15-22(25-18-29)26-19-30)12-7-5-8-14-21(23-16-27)24-17-28/h20-22H,2-15H2,1H3. The Hall–Kier alpha value is -2.48. The average molecular weight is 419 g/mol. The van der Waals surface area contributed by atoms with Crippen molar-refractivity contribution in [1.29, 1.82) is 0 Å². The molecular weight excluding hydrogens is 384 g/mol. The summed E-state index contributed by atoms with van der Waals surface area (Å²) in [4.78, 5) is 55.4. The first-order chi connectivity index (χ1) is 14.7. The van der Waals surface area contributed by atoms with Crippen LogP contribution < -0.4 is 0 Å². The Kier molecular flexibility index (Phi) is 19.5. The molecular formula is C22H34N4O4. The summed E-state index contributed by atoms with van der Waals surface area (Å²) in [7, 11) is 0. The molecule has 0 radical (unpaired) electrons. The van der Waals surface area contributed by atoms with Crippen LogP contribution >= 0.6 is 0 Å². The zero-order chi connectivity index (χ0) is 22.3. The second-order valence-electron chi connectivity index (χ2n) is 7.48. The number of carbonyl (C=O) groups excluding carboxylic acids is 4. The summed E-state index contributed by atoms with van der Waals surface area (Å²) < 4.78 is 0. The quantitative estimate of drug-likeness (QED) is 0.156. The van der Waals surface area contributed by atoms with Gasteiger partial charge in [0.05, 0.1) is 0 Å². The summed E-state index contributed by atoms with van der Waals surface area (Å²) in [6.45, 7) is 2.20. The van der Waals surface area contributed by atoms with Gasteiger partial charge in [0, 0.05) is 0 Å². The van der Waals surface area contributed by atoms with Crippen LogP contribution in [0.2, 0.25) is 0 Å². The minimum atomic E-state index is -0.654. The number of rotatable bonds is 20. The Morgan fingerprint density at radius 3 is 1.23 bits per heavy atom. The lowest BCUT2D eigenvalue weighted by Gasteiger charge is -2.17. The van der Waals surface area contributed by atoms with E-state index < -0.39 is 12.3 Å². The van der Waals surface area contributed by atoms with Crippen LogP contribution in [0.3, 0.4) is 0 Å². The molecule has 166 valence electrons. The van der Waals surface area contributed by atoms with Crippen molar-refractivity contribution >= 4 is 24.3 Å². The van der Waals surface area contributed by atoms with Gasteiger partial charge in [-0.3, -0.25) is 0 Å². The van der Waals surface area contributed by atoms with Gasteiger partial charge in [-0.25, -0.2) is 19.2 Å². The SMILES string of the molecule is CCCCCCC(CCCCCC(N=C=O)N=C=O)CCCCC(N=C=O)N=C=O. The molecule has 0 aromatic rings. The van der Waals surface area contributed by atoms with Gasteiger partial charge in [0.2, 0.25) is 24.3 Å². The molecule has 30 heavy (non-hydrogen) atoms. The fourth-order valence-electron chi connectivity index (χ4n) is 3.55. The highest BCUT2D eigenvalue weighted by Gasteiger charge is 2.11. The lowest BCUT2D eigenvalue weighted by molar-refractivity contribution is 0.364. The van der Waals surface area contributed by atoms with Gasteiger partial charge < -0.3 is 0 Å². The number of hydrogen-bond donors (Lipinski definition) is 0. The Morgan fingerprint density at radius 2 is 0.833 bits per heavy atom. The summed E-state index contributed by atoms with van der Waals surface area (Å²) >= 11 is 0. The molecule has 0 saturated carbocycles. The third-order valence-corrected chi connectivity index (χ3v) is 5.17. The van der Waals surface area contributed by atoms with Crippen molar-refractivity contribution in [3.63, 3.8) is 0 Å². The molecule has 0 aromatic carbocycles. The molecule has 0 bridgehead atoms. The Bertz CT molecular complexity index is 593. The van der Waals surface area contributed by atoms with Gasteiger partial charge in [-0.2, -0.15) is 20.0 Å². The van der Waals surface area contributed by atoms with Gasteiger partial charge in [-0.1, -0.05) is 71.1 Å². The van der Waals surface area contributed by atoms with E-state index in [1.807, 2.05) is 0 Å². The molecule has 0 spiro atoms. The summed E-state index contributed by atoms with van der Waals surface area (Å²) in [6, 6.07) is 0. The van der Waals surface area contributed by atoms with E-state index in [2.05, 4.69) is 26.9 Å². The van der Waals surface area contributed by atoms with Gasteiger partial charge in [-0.05, 0) is 31.6 Å². The largest absolute Gasteiger partial charge is 0.237 e. The number of nitrogens with zero attached hydrogens (tertiary/aromatic N) is 4. The predicted molar refractivity (Wildman–Crippen MR) is 114 cm³/mol. The van der Waals surface area contributed by atoms with E-state index in [0.29, 0.717) is 18.8 Å². The first-order valence-corrected chi connectivity index (χ1v) is 11.0. The van der Waals surface area contributed by atoms with E-state index in [9.17, 15) is 19.2 Å². The summed E-state index contributed by atoms with van der Waals surface area (Å²) in [6.07, 6.45) is 18.8. The topological polar surface area (TPSA) is 118 Å². The minimum Gasteiger partial charge on any atom is -0.211 e. The Balaban J connectivity index is 4.31. The van der Waals surface area contributed by atoms with Crippen LogP contribution in [-0.4, -0.2) is 36.7 Å². The zero-order valence-electron chi connectivity index (χ0n) is 18.1. The molecule has 0 N–H and O–H groups in total. The van der Waals surface area contributed by atoms with Gasteiger partial charge in [-0.15, -0.1) is 0 Å². The molecule has 0 aliphatic heterocycles. The first-order valence-electron chi connectivity index (χ1n) is 11.0. The van der Waals surface area contributed by atoms with E-state index in [0.717, 1.165) is 44.9 Å². The normalized spacial score (nSPS) is 13.0. The van der Waals surface area contributed by atoms with Gasteiger partial charge >= 0.3 is 0 Å². The van der Waals surface area contributed by atoms with Crippen LogP contribution in [0.25, 0.3) is 0 Å². The van der Waals surface area contributed by atoms with Gasteiger partial charge in [0.25, 0.3) is 0 Å². The maximum atomic E-state index is 10.4. The monoisotopic (exact) mass is 418 g/mol. The van der Waals surface area contributed by atoms with Crippen molar-refractivity contribution in [2.75, 3.05) is 0 Å². The molecule has 8 nitrogen and oxygen atoms in total. The highest BCUT2D eigenvalue weighted by molar-refractivity contribution is 5.37. The molecule has 0 aromatic heterocycles. The maximum Gasteiger partial charge on any atom is 0.237 e. The van der Waals surface area contributed by atoms with Crippen molar-refractivity contribution in [2.24, 2.45) is 25.9 Å². The number of unbranched alkanes of at least 4 members (excludes halogenated alkanes) is 6. The smallest absolute Gasteiger partial charge is 0.211 e. The molecule has 1 unspecified atom stereocenters. The Labute approximate surface area is 179 Å². The summed E-state index contributed by atoms with van der Waals surface area (Å²) in [5.41, 5.74) is 0. The third kappa shape index (κ3) is 16.5. The molecule has 1 atom stereocenters. The minimum absolute atomic E-state index is 0.557. The number of aliphatic imine (C=N–C) groups is 4. The van der Waals surface area contributed by atoms with Crippen LogP contribution in [-0.2, 0) is 19.2 Å². The molecule has 0 saturated heterocycles. The van der Waals surface area contributed by atoms with Crippen LogP contribution in [0.5, 0.6) is 0 Å². The molecule has 0 rings (SSSR count). The molecule has 0 aliphatic carbocycles. The second kappa shape index (κ2) is 21.2. The maximum absolute atomic E-state index is 10.4. The fourth-order valence-corrected chi connectivity index (χ4v) is 3.55. The van der Waals surface area contributed by atoms with Crippen molar-refractivity contribution in [3.8, 4) is 0 Å². The number of hydrogen-bond acceptors (Lipinski definition) is 8. The van der Waals surface area contributed by atoms with Crippen molar-refractivity contribution in [1.82, 2.24) is 0 Å². The lowest BCUT2D eigenvalue weighted by atomic mass is 9.89. The van der Waals surface area contributed by atoms with Gasteiger partial charge in [0.15, 0.2) is 12.3 Å². The van der Waals surface area contributed by atoms with E-state index >= 15 is 0 Å². The van der Waals surface area contributed by atoms with E-state index in [1.54, 1.807) is 0 Å². The average Bonchev–Trinajstić information content (AvgIpc) is 2.73. The fraction of sp³-hybridized carbons (Fsp3) is 0.818. The number of isocyanates is 4. The predicted octanol–water partition coefficient (Wildman–Crippen LogP) is 5.08. The van der Waals surface area contributed by atoms with Gasteiger partial charge in [0.1, 0.15) is 0 Å². The first kappa shape index (κ1) is 27.5. The van der Waals surface area contributed by atoms with Crippen molar-refractivity contribution in [2.45, 2.75) is 109 Å². The van der Waals surface area contributed by atoms with Crippen LogP contribution in [0, 0.1) is 5.92 Å². The highest BCUT2D eigenvalue weighted by atomic mass is 16.1. The second-order valence-corrected chi connectivity index (χ2v) is 7.48. The van der Waals surface area contributed by atoms with E-state index in [1.165, 1.54) is 56.4 Å². The molecule has 0 amide bonds. The lowest BCUT2D eigenvalue weighted by Crippen LogP contribution is -2.04. The molecule has 8 heteroatoms. The van der Waals surface area contributed by atoms with Crippen molar-refractivity contribution in [3.05, 3.63) is 0 Å². The van der Waals surface area contributed by atoms with Crippen molar-refractivity contribution < 1.29 is 19.2 Å². The van der Waals surface area contributed by atoms with E-state index in [-0.39, 0.29) is 0 Å². The Morgan fingerprint density at radius 1 is 0.500 bits per heavy atom. The zero-order valence-corrected chi connectivity index (χ0v) is 18.1. The van der Waals surface area contributed by atoms with Crippen LogP contribution in [0.15, 0.2) is 20.0 Å². The van der Waals surface area contributed by atoms with E-state index in [4.69, 9.17) is 0 Å². The highest BCUT2D eigenvalue weighted by Crippen LogP contribution is 2.24. The summed E-state index contributed by atoms with van der Waals surface area (Å²) in [5.74, 6) is 0.640. The third-order valence-electron chi connectivity index (χ3n) is 5.17.